The van der Waals surface area contributed by atoms with Crippen LogP contribution < -0.4 is 11.3 Å². The van der Waals surface area contributed by atoms with Crippen LogP contribution in [0.1, 0.15) is 16.7 Å². The van der Waals surface area contributed by atoms with E-state index in [0.717, 1.165) is 16.7 Å². The van der Waals surface area contributed by atoms with Gasteiger partial charge in [0.25, 0.3) is 0 Å². The van der Waals surface area contributed by atoms with E-state index in [-0.39, 0.29) is 11.9 Å². The van der Waals surface area contributed by atoms with Gasteiger partial charge in [-0.3, -0.25) is 11.3 Å². The van der Waals surface area contributed by atoms with Gasteiger partial charge < -0.3 is 0 Å². The summed E-state index contributed by atoms with van der Waals surface area (Å²) in [6.45, 7) is 1.88. The summed E-state index contributed by atoms with van der Waals surface area (Å²) < 4.78 is 13.1. The van der Waals surface area contributed by atoms with Crippen LogP contribution >= 0.6 is 23.2 Å². The van der Waals surface area contributed by atoms with Crippen molar-refractivity contribution in [3.8, 4) is 0 Å². The van der Waals surface area contributed by atoms with Crippen LogP contribution in [0.25, 0.3) is 0 Å². The highest BCUT2D eigenvalue weighted by Gasteiger charge is 2.15. The predicted molar refractivity (Wildman–Crippen MR) is 86.1 cm³/mol. The third-order valence-electron chi connectivity index (χ3n) is 3.52. The van der Waals surface area contributed by atoms with E-state index in [1.54, 1.807) is 18.2 Å². The zero-order chi connectivity index (χ0) is 15.4. The molecule has 0 saturated carbocycles. The van der Waals surface area contributed by atoms with Gasteiger partial charge in [-0.05, 0) is 60.7 Å². The van der Waals surface area contributed by atoms with Crippen molar-refractivity contribution in [1.29, 1.82) is 0 Å². The first-order chi connectivity index (χ1) is 10.0. The minimum Gasteiger partial charge on any atom is -0.271 e. The Balaban J connectivity index is 2.17. The molecule has 0 aliphatic heterocycles. The number of hydrazine groups is 1. The summed E-state index contributed by atoms with van der Waals surface area (Å²) >= 11 is 12.4. The fraction of sp³-hybridized carbons (Fsp3) is 0.250. The van der Waals surface area contributed by atoms with Crippen molar-refractivity contribution < 1.29 is 4.39 Å². The second kappa shape index (κ2) is 7.23. The van der Waals surface area contributed by atoms with Gasteiger partial charge in [-0.2, -0.15) is 0 Å². The first-order valence-electron chi connectivity index (χ1n) is 6.65. The number of benzene rings is 2. The molecule has 2 nitrogen and oxygen atoms in total. The van der Waals surface area contributed by atoms with Gasteiger partial charge >= 0.3 is 0 Å². The normalized spacial score (nSPS) is 12.4. The molecule has 112 valence electrons. The Bertz CT molecular complexity index is 611. The maximum atomic E-state index is 13.1. The number of hydrogen-bond donors (Lipinski definition) is 2. The Morgan fingerprint density at radius 1 is 1.14 bits per heavy atom. The molecule has 0 heterocycles. The van der Waals surface area contributed by atoms with Crippen LogP contribution in [-0.4, -0.2) is 6.04 Å². The predicted octanol–water partition coefficient (Wildman–Crippen LogP) is 4.06. The lowest BCUT2D eigenvalue weighted by atomic mass is 9.96. The minimum atomic E-state index is -0.234. The lowest BCUT2D eigenvalue weighted by Crippen LogP contribution is -2.38. The second-order valence-corrected chi connectivity index (χ2v) is 5.86. The molecule has 0 aliphatic carbocycles. The largest absolute Gasteiger partial charge is 0.271 e. The van der Waals surface area contributed by atoms with Crippen LogP contribution in [0.3, 0.4) is 0 Å². The van der Waals surface area contributed by atoms with Gasteiger partial charge in [-0.25, -0.2) is 4.39 Å². The van der Waals surface area contributed by atoms with Crippen LogP contribution in [0.15, 0.2) is 36.4 Å². The van der Waals surface area contributed by atoms with Crippen LogP contribution in [0.2, 0.25) is 10.0 Å². The van der Waals surface area contributed by atoms with Crippen molar-refractivity contribution >= 4 is 23.2 Å². The van der Waals surface area contributed by atoms with Crippen LogP contribution in [0, 0.1) is 12.7 Å². The molecule has 0 fully saturated rings. The van der Waals surface area contributed by atoms with E-state index in [4.69, 9.17) is 29.0 Å². The summed E-state index contributed by atoms with van der Waals surface area (Å²) in [7, 11) is 0. The first kappa shape index (κ1) is 16.2. The monoisotopic (exact) mass is 326 g/mol. The van der Waals surface area contributed by atoms with Crippen LogP contribution in [-0.2, 0) is 12.8 Å². The van der Waals surface area contributed by atoms with Gasteiger partial charge in [0, 0.05) is 16.1 Å². The molecule has 3 N–H and O–H groups in total. The Hall–Kier alpha value is -1.13. The summed E-state index contributed by atoms with van der Waals surface area (Å²) in [6, 6.07) is 10.1. The molecular weight excluding hydrogens is 310 g/mol. The Labute approximate surface area is 134 Å². The quantitative estimate of drug-likeness (QED) is 0.642. The van der Waals surface area contributed by atoms with Crippen molar-refractivity contribution in [1.82, 2.24) is 5.43 Å². The van der Waals surface area contributed by atoms with Crippen molar-refractivity contribution in [2.24, 2.45) is 5.84 Å². The molecule has 0 saturated heterocycles. The van der Waals surface area contributed by atoms with Crippen molar-refractivity contribution in [3.63, 3.8) is 0 Å². The molecule has 0 spiro atoms. The van der Waals surface area contributed by atoms with Crippen molar-refractivity contribution in [3.05, 3.63) is 69.0 Å². The summed E-state index contributed by atoms with van der Waals surface area (Å²) in [5.74, 6) is 5.40. The number of nitrogens with two attached hydrogens (primary N) is 1. The summed E-state index contributed by atoms with van der Waals surface area (Å²) in [5, 5.41) is 1.25. The molecular formula is C16H17Cl2FN2. The zero-order valence-corrected chi connectivity index (χ0v) is 13.2. The zero-order valence-electron chi connectivity index (χ0n) is 11.7. The van der Waals surface area contributed by atoms with E-state index in [1.807, 2.05) is 13.0 Å². The second-order valence-electron chi connectivity index (χ2n) is 5.04. The van der Waals surface area contributed by atoms with Gasteiger partial charge in [0.05, 0.1) is 0 Å². The van der Waals surface area contributed by atoms with Gasteiger partial charge in [-0.15, -0.1) is 0 Å². The molecule has 0 aromatic heterocycles. The molecule has 0 bridgehead atoms. The van der Waals surface area contributed by atoms with Crippen molar-refractivity contribution in [2.45, 2.75) is 25.8 Å². The van der Waals surface area contributed by atoms with Crippen molar-refractivity contribution in [2.75, 3.05) is 0 Å². The fourth-order valence-electron chi connectivity index (χ4n) is 2.32. The maximum absolute atomic E-state index is 13.1. The SMILES string of the molecule is Cc1cc(F)ccc1CC(Cc1c(Cl)cccc1Cl)NN. The smallest absolute Gasteiger partial charge is 0.123 e. The lowest BCUT2D eigenvalue weighted by molar-refractivity contribution is 0.521. The molecule has 2 rings (SSSR count). The number of aryl methyl sites for hydroxylation is 1. The molecule has 0 aliphatic rings. The highest BCUT2D eigenvalue weighted by molar-refractivity contribution is 6.36. The molecule has 0 radical (unpaired) electrons. The number of hydrogen-bond acceptors (Lipinski definition) is 2. The lowest BCUT2D eigenvalue weighted by Gasteiger charge is -2.19. The Morgan fingerprint density at radius 3 is 2.38 bits per heavy atom. The van der Waals surface area contributed by atoms with E-state index in [0.29, 0.717) is 22.9 Å². The molecule has 5 heteroatoms. The first-order valence-corrected chi connectivity index (χ1v) is 7.41. The molecule has 2 aromatic rings. The molecule has 1 atom stereocenters. The minimum absolute atomic E-state index is 0.0356. The number of halogens is 3. The van der Waals surface area contributed by atoms with Gasteiger partial charge in [0.1, 0.15) is 5.82 Å². The molecule has 2 aromatic carbocycles. The van der Waals surface area contributed by atoms with E-state index in [1.165, 1.54) is 12.1 Å². The summed E-state index contributed by atoms with van der Waals surface area (Å²) in [4.78, 5) is 0. The molecule has 1 unspecified atom stereocenters. The maximum Gasteiger partial charge on any atom is 0.123 e. The third-order valence-corrected chi connectivity index (χ3v) is 4.23. The molecule has 0 amide bonds. The number of nitrogens with one attached hydrogen (secondary N) is 1. The highest BCUT2D eigenvalue weighted by atomic mass is 35.5. The Morgan fingerprint density at radius 2 is 1.81 bits per heavy atom. The van der Waals surface area contributed by atoms with E-state index in [9.17, 15) is 4.39 Å². The third kappa shape index (κ3) is 4.17. The standard InChI is InChI=1S/C16H17Cl2FN2/c1-10-7-12(19)6-5-11(10)8-13(21-20)9-14-15(17)3-2-4-16(14)18/h2-7,13,21H,8-9,20H2,1H3. The average Bonchev–Trinajstić information content (AvgIpc) is 2.44. The highest BCUT2D eigenvalue weighted by Crippen LogP contribution is 2.26. The van der Waals surface area contributed by atoms with Crippen LogP contribution in [0.4, 0.5) is 4.39 Å². The number of rotatable bonds is 5. The Kier molecular flexibility index (Phi) is 5.59. The van der Waals surface area contributed by atoms with Crippen LogP contribution in [0.5, 0.6) is 0 Å². The summed E-state index contributed by atoms with van der Waals surface area (Å²) in [5.41, 5.74) is 5.60. The van der Waals surface area contributed by atoms with E-state index in [2.05, 4.69) is 5.43 Å². The topological polar surface area (TPSA) is 38.0 Å². The van der Waals surface area contributed by atoms with E-state index < -0.39 is 0 Å². The fourth-order valence-corrected chi connectivity index (χ4v) is 2.87. The van der Waals surface area contributed by atoms with Gasteiger partial charge in [0.15, 0.2) is 0 Å². The molecule has 21 heavy (non-hydrogen) atoms. The van der Waals surface area contributed by atoms with E-state index >= 15 is 0 Å². The summed E-state index contributed by atoms with van der Waals surface area (Å²) in [6.07, 6.45) is 1.27. The average molecular weight is 327 g/mol. The van der Waals surface area contributed by atoms with Gasteiger partial charge in [-0.1, -0.05) is 35.3 Å². The van der Waals surface area contributed by atoms with Gasteiger partial charge in [0.2, 0.25) is 0 Å².